The van der Waals surface area contributed by atoms with E-state index in [1.165, 1.54) is 6.92 Å². The summed E-state index contributed by atoms with van der Waals surface area (Å²) < 4.78 is 5.44. The molecule has 23 heavy (non-hydrogen) atoms. The lowest BCUT2D eigenvalue weighted by atomic mass is 10.3. The minimum absolute atomic E-state index is 0.211. The van der Waals surface area contributed by atoms with Crippen molar-refractivity contribution in [3.05, 3.63) is 52.5 Å². The average Bonchev–Trinajstić information content (AvgIpc) is 2.49. The first kappa shape index (κ1) is 17.1. The summed E-state index contributed by atoms with van der Waals surface area (Å²) in [4.78, 5) is 23.1. The summed E-state index contributed by atoms with van der Waals surface area (Å²) in [6, 6.07) is 11.6. The highest BCUT2D eigenvalue weighted by Gasteiger charge is 2.09. The van der Waals surface area contributed by atoms with Crippen LogP contribution < -0.4 is 15.4 Å². The zero-order chi connectivity index (χ0) is 16.8. The monoisotopic (exact) mass is 352 g/mol. The summed E-state index contributed by atoms with van der Waals surface area (Å²) in [5.74, 6) is -0.172. The summed E-state index contributed by atoms with van der Waals surface area (Å²) >= 11 is 11.7. The first-order valence-corrected chi connectivity index (χ1v) is 7.45. The van der Waals surface area contributed by atoms with Gasteiger partial charge in [-0.05, 0) is 30.3 Å². The number of para-hydroxylation sites is 2. The molecule has 0 aromatic heterocycles. The Morgan fingerprint density at radius 3 is 2.48 bits per heavy atom. The molecule has 0 saturated heterocycles. The second-order valence-corrected chi connectivity index (χ2v) is 5.46. The van der Waals surface area contributed by atoms with Crippen LogP contribution in [0.4, 0.5) is 11.4 Å². The third-order valence-corrected chi connectivity index (χ3v) is 3.50. The van der Waals surface area contributed by atoms with Gasteiger partial charge in [0.2, 0.25) is 5.91 Å². The number of carbonyl (C=O) groups is 2. The van der Waals surface area contributed by atoms with Crippen LogP contribution in [0, 0.1) is 0 Å². The fourth-order valence-corrected chi connectivity index (χ4v) is 2.10. The van der Waals surface area contributed by atoms with Crippen molar-refractivity contribution in [1.29, 1.82) is 0 Å². The lowest BCUT2D eigenvalue weighted by molar-refractivity contribution is -0.118. The van der Waals surface area contributed by atoms with Crippen LogP contribution in [0.1, 0.15) is 6.92 Å². The lowest BCUT2D eigenvalue weighted by Gasteiger charge is -2.12. The number of ether oxygens (including phenoxy) is 1. The molecule has 120 valence electrons. The zero-order valence-corrected chi connectivity index (χ0v) is 13.7. The first-order valence-electron chi connectivity index (χ1n) is 6.70. The summed E-state index contributed by atoms with van der Waals surface area (Å²) in [7, 11) is 0. The molecule has 0 spiro atoms. The maximum absolute atomic E-state index is 11.9. The molecule has 0 aliphatic heterocycles. The van der Waals surface area contributed by atoms with Crippen LogP contribution in [0.25, 0.3) is 0 Å². The van der Waals surface area contributed by atoms with Gasteiger partial charge in [0.15, 0.2) is 6.61 Å². The lowest BCUT2D eigenvalue weighted by Crippen LogP contribution is -2.20. The van der Waals surface area contributed by atoms with Gasteiger partial charge in [-0.15, -0.1) is 0 Å². The van der Waals surface area contributed by atoms with E-state index >= 15 is 0 Å². The Hall–Kier alpha value is -2.24. The highest BCUT2D eigenvalue weighted by atomic mass is 35.5. The van der Waals surface area contributed by atoms with E-state index in [2.05, 4.69) is 10.6 Å². The standard InChI is InChI=1S/C16H14Cl2N2O3/c1-10(21)19-14-4-2-3-5-15(14)23-9-16(22)20-11-6-7-12(17)13(18)8-11/h2-8H,9H2,1H3,(H,19,21)(H,20,22). The number of rotatable bonds is 5. The third kappa shape index (κ3) is 5.16. The van der Waals surface area contributed by atoms with E-state index in [9.17, 15) is 9.59 Å². The Morgan fingerprint density at radius 2 is 1.78 bits per heavy atom. The molecule has 2 rings (SSSR count). The molecule has 0 aliphatic rings. The first-order chi connectivity index (χ1) is 11.0. The second kappa shape index (κ2) is 7.85. The molecule has 7 heteroatoms. The molecular formula is C16H14Cl2N2O3. The Balaban J connectivity index is 1.96. The molecule has 2 aromatic rings. The maximum Gasteiger partial charge on any atom is 0.262 e. The van der Waals surface area contributed by atoms with Crippen molar-refractivity contribution in [3.8, 4) is 5.75 Å². The van der Waals surface area contributed by atoms with E-state index in [4.69, 9.17) is 27.9 Å². The maximum atomic E-state index is 11.9. The van der Waals surface area contributed by atoms with Crippen molar-refractivity contribution < 1.29 is 14.3 Å². The van der Waals surface area contributed by atoms with Gasteiger partial charge in [-0.1, -0.05) is 35.3 Å². The second-order valence-electron chi connectivity index (χ2n) is 4.64. The molecule has 0 heterocycles. The summed E-state index contributed by atoms with van der Waals surface area (Å²) in [6.07, 6.45) is 0. The van der Waals surface area contributed by atoms with Crippen LogP contribution in [0.2, 0.25) is 10.0 Å². The Bertz CT molecular complexity index is 735. The molecule has 2 aromatic carbocycles. The molecule has 0 radical (unpaired) electrons. The van der Waals surface area contributed by atoms with Crippen molar-refractivity contribution in [2.45, 2.75) is 6.92 Å². The quantitative estimate of drug-likeness (QED) is 0.855. The molecular weight excluding hydrogens is 339 g/mol. The van der Waals surface area contributed by atoms with Gasteiger partial charge >= 0.3 is 0 Å². The van der Waals surface area contributed by atoms with Crippen molar-refractivity contribution in [2.24, 2.45) is 0 Å². The van der Waals surface area contributed by atoms with Crippen molar-refractivity contribution in [1.82, 2.24) is 0 Å². The van der Waals surface area contributed by atoms with Crippen LogP contribution >= 0.6 is 23.2 Å². The van der Waals surface area contributed by atoms with Gasteiger partial charge in [-0.2, -0.15) is 0 Å². The highest BCUT2D eigenvalue weighted by molar-refractivity contribution is 6.42. The van der Waals surface area contributed by atoms with Gasteiger partial charge < -0.3 is 15.4 Å². The molecule has 0 fully saturated rings. The summed E-state index contributed by atoms with van der Waals surface area (Å²) in [6.45, 7) is 1.19. The van der Waals surface area contributed by atoms with Gasteiger partial charge in [0.25, 0.3) is 5.91 Å². The minimum atomic E-state index is -0.360. The summed E-state index contributed by atoms with van der Waals surface area (Å²) in [5, 5.41) is 6.03. The SMILES string of the molecule is CC(=O)Nc1ccccc1OCC(=O)Nc1ccc(Cl)c(Cl)c1. The van der Waals surface area contributed by atoms with E-state index in [1.807, 2.05) is 0 Å². The molecule has 0 atom stereocenters. The Labute approximate surface area is 143 Å². The number of halogens is 2. The number of carbonyl (C=O) groups excluding carboxylic acids is 2. The fraction of sp³-hybridized carbons (Fsp3) is 0.125. The zero-order valence-electron chi connectivity index (χ0n) is 12.2. The van der Waals surface area contributed by atoms with Gasteiger partial charge in [-0.3, -0.25) is 9.59 Å². The molecule has 5 nitrogen and oxygen atoms in total. The smallest absolute Gasteiger partial charge is 0.262 e. The van der Waals surface area contributed by atoms with Crippen LogP contribution in [-0.2, 0) is 9.59 Å². The van der Waals surface area contributed by atoms with Crippen LogP contribution in [0.5, 0.6) is 5.75 Å². The van der Waals surface area contributed by atoms with E-state index in [1.54, 1.807) is 42.5 Å². The van der Waals surface area contributed by atoms with Crippen molar-refractivity contribution in [2.75, 3.05) is 17.2 Å². The number of nitrogens with one attached hydrogen (secondary N) is 2. The van der Waals surface area contributed by atoms with Gasteiger partial charge in [0, 0.05) is 12.6 Å². The van der Waals surface area contributed by atoms with E-state index in [0.717, 1.165) is 0 Å². The molecule has 2 N–H and O–H groups in total. The van der Waals surface area contributed by atoms with Gasteiger partial charge in [0.1, 0.15) is 5.75 Å². The normalized spacial score (nSPS) is 10.0. The number of hydrogen-bond donors (Lipinski definition) is 2. The molecule has 0 aliphatic carbocycles. The van der Waals surface area contributed by atoms with Crippen LogP contribution in [0.3, 0.4) is 0 Å². The number of amides is 2. The third-order valence-electron chi connectivity index (χ3n) is 2.76. The van der Waals surface area contributed by atoms with E-state index in [0.29, 0.717) is 27.2 Å². The van der Waals surface area contributed by atoms with Gasteiger partial charge in [0.05, 0.1) is 15.7 Å². The minimum Gasteiger partial charge on any atom is -0.482 e. The van der Waals surface area contributed by atoms with E-state index in [-0.39, 0.29) is 18.4 Å². The highest BCUT2D eigenvalue weighted by Crippen LogP contribution is 2.25. The van der Waals surface area contributed by atoms with Crippen LogP contribution in [0.15, 0.2) is 42.5 Å². The Morgan fingerprint density at radius 1 is 1.04 bits per heavy atom. The van der Waals surface area contributed by atoms with Gasteiger partial charge in [-0.25, -0.2) is 0 Å². The van der Waals surface area contributed by atoms with Crippen LogP contribution in [-0.4, -0.2) is 18.4 Å². The largest absolute Gasteiger partial charge is 0.482 e. The average molecular weight is 353 g/mol. The Kier molecular flexibility index (Phi) is 5.84. The number of anilines is 2. The molecule has 2 amide bonds. The molecule has 0 bridgehead atoms. The number of hydrogen-bond acceptors (Lipinski definition) is 3. The van der Waals surface area contributed by atoms with Crippen molar-refractivity contribution >= 4 is 46.4 Å². The molecule has 0 unspecified atom stereocenters. The predicted octanol–water partition coefficient (Wildman–Crippen LogP) is 3.97. The predicted molar refractivity (Wildman–Crippen MR) is 91.3 cm³/mol. The van der Waals surface area contributed by atoms with E-state index < -0.39 is 0 Å². The fourth-order valence-electron chi connectivity index (χ4n) is 1.80. The topological polar surface area (TPSA) is 67.4 Å². The molecule has 0 saturated carbocycles. The van der Waals surface area contributed by atoms with Crippen molar-refractivity contribution in [3.63, 3.8) is 0 Å². The number of benzene rings is 2. The summed E-state index contributed by atoms with van der Waals surface area (Å²) in [5.41, 5.74) is 1.02.